The van der Waals surface area contributed by atoms with E-state index in [2.05, 4.69) is 58.6 Å². The van der Waals surface area contributed by atoms with Crippen LogP contribution in [0.25, 0.3) is 0 Å². The molecule has 0 atom stereocenters. The van der Waals surface area contributed by atoms with Crippen molar-refractivity contribution < 1.29 is 0 Å². The second-order valence-corrected chi connectivity index (χ2v) is 5.39. The van der Waals surface area contributed by atoms with Gasteiger partial charge in [-0.05, 0) is 39.3 Å². The number of hydrogen-bond donors (Lipinski definition) is 1. The summed E-state index contributed by atoms with van der Waals surface area (Å²) in [5, 5.41) is 12.6. The summed E-state index contributed by atoms with van der Waals surface area (Å²) in [7, 11) is 0. The molecule has 0 unspecified atom stereocenters. The van der Waals surface area contributed by atoms with Crippen LogP contribution in [0.4, 0.5) is 0 Å². The van der Waals surface area contributed by atoms with Crippen molar-refractivity contribution in [1.29, 1.82) is 0 Å². The van der Waals surface area contributed by atoms with Crippen molar-refractivity contribution in [1.82, 2.24) is 24.9 Å². The van der Waals surface area contributed by atoms with Crippen molar-refractivity contribution in [2.24, 2.45) is 0 Å². The van der Waals surface area contributed by atoms with E-state index >= 15 is 0 Å². The Morgan fingerprint density at radius 2 is 2.00 bits per heavy atom. The standard InChI is InChI=1S/C16H27N5/c1-5-8-17-10-14-11-18-21(13(14)4)12-16-9-15(6-2)19-20(16)7-3/h9,11,17H,5-8,10,12H2,1-4H3. The van der Waals surface area contributed by atoms with Crippen LogP contribution >= 0.6 is 0 Å². The lowest BCUT2D eigenvalue weighted by Crippen LogP contribution is -2.15. The topological polar surface area (TPSA) is 47.7 Å². The lowest BCUT2D eigenvalue weighted by molar-refractivity contribution is 0.566. The number of nitrogens with one attached hydrogen (secondary N) is 1. The molecule has 2 heterocycles. The van der Waals surface area contributed by atoms with E-state index in [-0.39, 0.29) is 0 Å². The molecule has 0 bridgehead atoms. The van der Waals surface area contributed by atoms with Crippen molar-refractivity contribution in [2.45, 2.75) is 60.2 Å². The van der Waals surface area contributed by atoms with Gasteiger partial charge in [0.05, 0.1) is 24.1 Å². The molecule has 116 valence electrons. The molecule has 0 radical (unpaired) electrons. The van der Waals surface area contributed by atoms with Crippen molar-refractivity contribution in [2.75, 3.05) is 6.54 Å². The first-order chi connectivity index (χ1) is 10.2. The first-order valence-corrected chi connectivity index (χ1v) is 7.97. The summed E-state index contributed by atoms with van der Waals surface area (Å²) in [5.41, 5.74) is 4.90. The highest BCUT2D eigenvalue weighted by atomic mass is 15.3. The maximum absolute atomic E-state index is 4.60. The minimum absolute atomic E-state index is 0.792. The number of aromatic nitrogens is 4. The molecular formula is C16H27N5. The lowest BCUT2D eigenvalue weighted by Gasteiger charge is -2.08. The normalized spacial score (nSPS) is 11.2. The Morgan fingerprint density at radius 1 is 1.19 bits per heavy atom. The predicted octanol–water partition coefficient (Wildman–Crippen LogP) is 2.52. The van der Waals surface area contributed by atoms with Gasteiger partial charge in [-0.3, -0.25) is 9.36 Å². The van der Waals surface area contributed by atoms with Crippen molar-refractivity contribution in [3.63, 3.8) is 0 Å². The molecule has 0 saturated carbocycles. The molecule has 2 aromatic rings. The third-order valence-electron chi connectivity index (χ3n) is 3.83. The summed E-state index contributed by atoms with van der Waals surface area (Å²) >= 11 is 0. The fourth-order valence-corrected chi connectivity index (χ4v) is 2.46. The highest BCUT2D eigenvalue weighted by molar-refractivity contribution is 5.18. The molecular weight excluding hydrogens is 262 g/mol. The quantitative estimate of drug-likeness (QED) is 0.760. The van der Waals surface area contributed by atoms with Crippen LogP contribution in [-0.2, 0) is 26.1 Å². The average molecular weight is 289 g/mol. The van der Waals surface area contributed by atoms with E-state index < -0.39 is 0 Å². The molecule has 1 N–H and O–H groups in total. The van der Waals surface area contributed by atoms with E-state index in [1.165, 1.54) is 17.0 Å². The monoisotopic (exact) mass is 289 g/mol. The minimum atomic E-state index is 0.792. The molecule has 0 aromatic carbocycles. The number of hydrogen-bond acceptors (Lipinski definition) is 3. The third-order valence-corrected chi connectivity index (χ3v) is 3.83. The maximum Gasteiger partial charge on any atom is 0.0831 e. The van der Waals surface area contributed by atoms with E-state index in [4.69, 9.17) is 0 Å². The summed E-state index contributed by atoms with van der Waals surface area (Å²) in [6.45, 7) is 12.2. The van der Waals surface area contributed by atoms with Gasteiger partial charge in [-0.1, -0.05) is 13.8 Å². The molecule has 0 aliphatic heterocycles. The molecule has 0 saturated heterocycles. The van der Waals surface area contributed by atoms with E-state index in [0.717, 1.165) is 44.7 Å². The summed E-state index contributed by atoms with van der Waals surface area (Å²) in [4.78, 5) is 0. The van der Waals surface area contributed by atoms with Crippen LogP contribution in [0.2, 0.25) is 0 Å². The zero-order chi connectivity index (χ0) is 15.2. The van der Waals surface area contributed by atoms with Crippen LogP contribution in [-0.4, -0.2) is 26.1 Å². The van der Waals surface area contributed by atoms with E-state index in [1.807, 2.05) is 6.20 Å². The Balaban J connectivity index is 2.11. The molecule has 2 rings (SSSR count). The van der Waals surface area contributed by atoms with Crippen LogP contribution in [0.5, 0.6) is 0 Å². The Labute approximate surface area is 127 Å². The van der Waals surface area contributed by atoms with Gasteiger partial charge in [-0.15, -0.1) is 0 Å². The average Bonchev–Trinajstić information content (AvgIpc) is 3.05. The van der Waals surface area contributed by atoms with Crippen LogP contribution < -0.4 is 5.32 Å². The van der Waals surface area contributed by atoms with E-state index in [0.29, 0.717) is 0 Å². The SMILES string of the molecule is CCCNCc1cnn(Cc2cc(CC)nn2CC)c1C. The van der Waals surface area contributed by atoms with Crippen molar-refractivity contribution in [3.8, 4) is 0 Å². The number of nitrogens with zero attached hydrogens (tertiary/aromatic N) is 4. The second-order valence-electron chi connectivity index (χ2n) is 5.39. The molecule has 5 nitrogen and oxygen atoms in total. The largest absolute Gasteiger partial charge is 0.313 e. The van der Waals surface area contributed by atoms with Gasteiger partial charge < -0.3 is 5.32 Å². The molecule has 0 amide bonds. The van der Waals surface area contributed by atoms with Gasteiger partial charge in [0.15, 0.2) is 0 Å². The van der Waals surface area contributed by atoms with E-state index in [1.54, 1.807) is 0 Å². The first kappa shape index (κ1) is 15.8. The molecule has 5 heteroatoms. The predicted molar refractivity (Wildman–Crippen MR) is 85.3 cm³/mol. The van der Waals surface area contributed by atoms with Crippen LogP contribution in [0.1, 0.15) is 49.8 Å². The highest BCUT2D eigenvalue weighted by Crippen LogP contribution is 2.12. The molecule has 21 heavy (non-hydrogen) atoms. The second kappa shape index (κ2) is 7.41. The molecule has 0 spiro atoms. The van der Waals surface area contributed by atoms with E-state index in [9.17, 15) is 0 Å². The lowest BCUT2D eigenvalue weighted by atomic mass is 10.2. The zero-order valence-corrected chi connectivity index (χ0v) is 13.7. The Kier molecular flexibility index (Phi) is 5.56. The zero-order valence-electron chi connectivity index (χ0n) is 13.7. The molecule has 0 aliphatic rings. The molecule has 0 aliphatic carbocycles. The summed E-state index contributed by atoms with van der Waals surface area (Å²) in [5.74, 6) is 0. The first-order valence-electron chi connectivity index (χ1n) is 7.97. The van der Waals surface area contributed by atoms with Crippen molar-refractivity contribution >= 4 is 0 Å². The van der Waals surface area contributed by atoms with Crippen LogP contribution in [0, 0.1) is 6.92 Å². The van der Waals surface area contributed by atoms with Crippen molar-refractivity contribution in [3.05, 3.63) is 34.9 Å². The van der Waals surface area contributed by atoms with Gasteiger partial charge in [0, 0.05) is 24.3 Å². The number of rotatable bonds is 8. The summed E-state index contributed by atoms with van der Waals surface area (Å²) in [6.07, 6.45) is 4.11. The van der Waals surface area contributed by atoms with Gasteiger partial charge in [-0.2, -0.15) is 10.2 Å². The van der Waals surface area contributed by atoms with Gasteiger partial charge in [0.25, 0.3) is 0 Å². The molecule has 2 aromatic heterocycles. The van der Waals surface area contributed by atoms with Gasteiger partial charge >= 0.3 is 0 Å². The fraction of sp³-hybridized carbons (Fsp3) is 0.625. The van der Waals surface area contributed by atoms with Gasteiger partial charge in [0.1, 0.15) is 0 Å². The molecule has 0 fully saturated rings. The smallest absolute Gasteiger partial charge is 0.0831 e. The maximum atomic E-state index is 4.60. The van der Waals surface area contributed by atoms with Crippen LogP contribution in [0.15, 0.2) is 12.3 Å². The van der Waals surface area contributed by atoms with Gasteiger partial charge in [-0.25, -0.2) is 0 Å². The third kappa shape index (κ3) is 3.73. The van der Waals surface area contributed by atoms with Gasteiger partial charge in [0.2, 0.25) is 0 Å². The minimum Gasteiger partial charge on any atom is -0.313 e. The Morgan fingerprint density at radius 3 is 2.67 bits per heavy atom. The Hall–Kier alpha value is -1.62. The number of aryl methyl sites for hydroxylation is 2. The summed E-state index contributed by atoms with van der Waals surface area (Å²) < 4.78 is 4.15. The fourth-order valence-electron chi connectivity index (χ4n) is 2.46. The highest BCUT2D eigenvalue weighted by Gasteiger charge is 2.10. The summed E-state index contributed by atoms with van der Waals surface area (Å²) in [6, 6.07) is 2.19. The Bertz CT molecular complexity index is 567. The van der Waals surface area contributed by atoms with Crippen LogP contribution in [0.3, 0.4) is 0 Å².